The van der Waals surface area contributed by atoms with Crippen LogP contribution < -0.4 is 5.32 Å². The van der Waals surface area contributed by atoms with E-state index in [0.717, 1.165) is 12.1 Å². The van der Waals surface area contributed by atoms with Crippen LogP contribution in [0.2, 0.25) is 0 Å². The summed E-state index contributed by atoms with van der Waals surface area (Å²) in [4.78, 5) is 27.8. The summed E-state index contributed by atoms with van der Waals surface area (Å²) in [6.45, 7) is 3.10. The Balaban J connectivity index is 2.06. The number of nitrogens with zero attached hydrogens (tertiary/aromatic N) is 2. The van der Waals surface area contributed by atoms with Crippen LogP contribution in [-0.4, -0.2) is 60.6 Å². The standard InChI is InChI=1S/C18H24F3N3O2S/c1-12-16(26)24(9-7-15(25)22-8-10-23(2)3)17(27-12)13-5-4-6-14(11-13)18(19,20)21/h4-6,11-12,17H,7-10H2,1-3H3,(H,22,25)/t12-,17+/m0/s1. The Morgan fingerprint density at radius 3 is 2.67 bits per heavy atom. The number of rotatable bonds is 7. The molecule has 1 saturated heterocycles. The Labute approximate surface area is 161 Å². The number of amides is 2. The van der Waals surface area contributed by atoms with E-state index in [4.69, 9.17) is 0 Å². The topological polar surface area (TPSA) is 52.7 Å². The van der Waals surface area contributed by atoms with Gasteiger partial charge < -0.3 is 15.1 Å². The smallest absolute Gasteiger partial charge is 0.355 e. The molecule has 1 aromatic rings. The van der Waals surface area contributed by atoms with Gasteiger partial charge in [0.2, 0.25) is 11.8 Å². The third-order valence-corrected chi connectivity index (χ3v) is 5.60. The molecular formula is C18H24F3N3O2S. The van der Waals surface area contributed by atoms with E-state index in [2.05, 4.69) is 5.32 Å². The molecule has 1 fully saturated rings. The summed E-state index contributed by atoms with van der Waals surface area (Å²) in [6.07, 6.45) is -4.33. The molecule has 150 valence electrons. The minimum absolute atomic E-state index is 0.113. The zero-order chi connectivity index (χ0) is 20.2. The maximum Gasteiger partial charge on any atom is 0.416 e. The Morgan fingerprint density at radius 1 is 1.33 bits per heavy atom. The molecule has 0 spiro atoms. The third kappa shape index (κ3) is 5.87. The minimum atomic E-state index is -4.44. The van der Waals surface area contributed by atoms with Crippen molar-refractivity contribution in [3.63, 3.8) is 0 Å². The number of hydrogen-bond acceptors (Lipinski definition) is 4. The molecule has 5 nitrogen and oxygen atoms in total. The Hall–Kier alpha value is -1.74. The summed E-state index contributed by atoms with van der Waals surface area (Å²) in [7, 11) is 3.79. The second kappa shape index (κ2) is 8.97. The molecule has 0 saturated carbocycles. The molecule has 1 heterocycles. The lowest BCUT2D eigenvalue weighted by Crippen LogP contribution is -2.36. The molecule has 1 aliphatic heterocycles. The van der Waals surface area contributed by atoms with Crippen LogP contribution in [0.4, 0.5) is 13.2 Å². The van der Waals surface area contributed by atoms with Gasteiger partial charge in [0.15, 0.2) is 0 Å². The Morgan fingerprint density at radius 2 is 2.04 bits per heavy atom. The van der Waals surface area contributed by atoms with Gasteiger partial charge in [0.05, 0.1) is 10.8 Å². The maximum atomic E-state index is 13.0. The van der Waals surface area contributed by atoms with Crippen LogP contribution in [-0.2, 0) is 15.8 Å². The number of alkyl halides is 3. The lowest BCUT2D eigenvalue weighted by atomic mass is 10.1. The second-order valence-corrected chi connectivity index (χ2v) is 8.11. The summed E-state index contributed by atoms with van der Waals surface area (Å²) in [5.41, 5.74) is -0.325. The van der Waals surface area contributed by atoms with Crippen LogP contribution in [0.1, 0.15) is 29.8 Å². The van der Waals surface area contributed by atoms with Gasteiger partial charge in [-0.25, -0.2) is 0 Å². The number of carbonyl (C=O) groups is 2. The summed E-state index contributed by atoms with van der Waals surface area (Å²) in [5, 5.41) is 1.89. The van der Waals surface area contributed by atoms with Crippen molar-refractivity contribution in [3.05, 3.63) is 35.4 Å². The highest BCUT2D eigenvalue weighted by Gasteiger charge is 2.39. The maximum absolute atomic E-state index is 13.0. The first kappa shape index (κ1) is 21.6. The SMILES string of the molecule is C[C@@H]1S[C@H](c2cccc(C(F)(F)F)c2)N(CCC(=O)NCCN(C)C)C1=O. The molecule has 27 heavy (non-hydrogen) atoms. The minimum Gasteiger partial charge on any atom is -0.355 e. The zero-order valence-electron chi connectivity index (χ0n) is 15.5. The predicted octanol–water partition coefficient (Wildman–Crippen LogP) is 2.74. The number of hydrogen-bond donors (Lipinski definition) is 1. The van der Waals surface area contributed by atoms with Crippen LogP contribution in [0.15, 0.2) is 24.3 Å². The van der Waals surface area contributed by atoms with E-state index in [1.807, 2.05) is 19.0 Å². The molecular weight excluding hydrogens is 379 g/mol. The van der Waals surface area contributed by atoms with Gasteiger partial charge in [0.1, 0.15) is 5.37 Å². The summed E-state index contributed by atoms with van der Waals surface area (Å²) in [6, 6.07) is 5.02. The average Bonchev–Trinajstić information content (AvgIpc) is 2.87. The van der Waals surface area contributed by atoms with Gasteiger partial charge in [-0.1, -0.05) is 12.1 Å². The van der Waals surface area contributed by atoms with Gasteiger partial charge >= 0.3 is 6.18 Å². The largest absolute Gasteiger partial charge is 0.416 e. The van der Waals surface area contributed by atoms with Crippen molar-refractivity contribution in [3.8, 4) is 0 Å². The first-order valence-corrected chi connectivity index (χ1v) is 9.58. The van der Waals surface area contributed by atoms with E-state index in [9.17, 15) is 22.8 Å². The van der Waals surface area contributed by atoms with Gasteiger partial charge in [0.25, 0.3) is 0 Å². The van der Waals surface area contributed by atoms with E-state index in [1.165, 1.54) is 22.7 Å². The molecule has 1 aliphatic rings. The van der Waals surface area contributed by atoms with E-state index in [0.29, 0.717) is 18.7 Å². The van der Waals surface area contributed by atoms with Crippen molar-refractivity contribution in [1.82, 2.24) is 15.1 Å². The van der Waals surface area contributed by atoms with E-state index < -0.39 is 17.1 Å². The van der Waals surface area contributed by atoms with Gasteiger partial charge in [0, 0.05) is 26.1 Å². The van der Waals surface area contributed by atoms with Crippen molar-refractivity contribution < 1.29 is 22.8 Å². The fourth-order valence-corrected chi connectivity index (χ4v) is 4.06. The number of likely N-dealkylation sites (N-methyl/N-ethyl adjacent to an activating group) is 1. The first-order chi connectivity index (χ1) is 12.6. The lowest BCUT2D eigenvalue weighted by molar-refractivity contribution is -0.137. The Bertz CT molecular complexity index is 682. The van der Waals surface area contributed by atoms with Crippen molar-refractivity contribution >= 4 is 23.6 Å². The van der Waals surface area contributed by atoms with E-state index in [1.54, 1.807) is 13.0 Å². The zero-order valence-corrected chi connectivity index (χ0v) is 16.4. The highest BCUT2D eigenvalue weighted by atomic mass is 32.2. The van der Waals surface area contributed by atoms with Crippen molar-refractivity contribution in [2.75, 3.05) is 33.7 Å². The van der Waals surface area contributed by atoms with Gasteiger partial charge in [-0.3, -0.25) is 9.59 Å². The molecule has 2 atom stereocenters. The molecule has 1 aromatic carbocycles. The number of thioether (sulfide) groups is 1. The number of benzene rings is 1. The van der Waals surface area contributed by atoms with Crippen molar-refractivity contribution in [2.24, 2.45) is 0 Å². The fraction of sp³-hybridized carbons (Fsp3) is 0.556. The van der Waals surface area contributed by atoms with Gasteiger partial charge in [-0.05, 0) is 38.7 Å². The quantitative estimate of drug-likeness (QED) is 0.761. The molecule has 0 aromatic heterocycles. The number of halogens is 3. The molecule has 0 bridgehead atoms. The Kier molecular flexibility index (Phi) is 7.16. The van der Waals surface area contributed by atoms with Crippen LogP contribution in [0.3, 0.4) is 0 Å². The first-order valence-electron chi connectivity index (χ1n) is 8.64. The van der Waals surface area contributed by atoms with Crippen LogP contribution in [0, 0.1) is 0 Å². The number of carbonyl (C=O) groups excluding carboxylic acids is 2. The van der Waals surface area contributed by atoms with Crippen LogP contribution in [0.5, 0.6) is 0 Å². The van der Waals surface area contributed by atoms with Crippen molar-refractivity contribution in [2.45, 2.75) is 30.1 Å². The van der Waals surface area contributed by atoms with Crippen LogP contribution in [0.25, 0.3) is 0 Å². The molecule has 1 N–H and O–H groups in total. The van der Waals surface area contributed by atoms with Gasteiger partial charge in [-0.2, -0.15) is 13.2 Å². The fourth-order valence-electron chi connectivity index (χ4n) is 2.76. The van der Waals surface area contributed by atoms with E-state index in [-0.39, 0.29) is 30.0 Å². The molecule has 0 unspecified atom stereocenters. The second-order valence-electron chi connectivity index (χ2n) is 6.69. The summed E-state index contributed by atoms with van der Waals surface area (Å²) < 4.78 is 39.0. The van der Waals surface area contributed by atoms with Crippen LogP contribution >= 0.6 is 11.8 Å². The monoisotopic (exact) mass is 403 g/mol. The van der Waals surface area contributed by atoms with Crippen molar-refractivity contribution in [1.29, 1.82) is 0 Å². The predicted molar refractivity (Wildman–Crippen MR) is 99.1 cm³/mol. The summed E-state index contributed by atoms with van der Waals surface area (Å²) >= 11 is 1.30. The van der Waals surface area contributed by atoms with Gasteiger partial charge in [-0.15, -0.1) is 11.8 Å². The number of nitrogens with one attached hydrogen (secondary N) is 1. The lowest BCUT2D eigenvalue weighted by Gasteiger charge is -2.24. The molecule has 9 heteroatoms. The molecule has 0 radical (unpaired) electrons. The average molecular weight is 403 g/mol. The normalized spacial score (nSPS) is 20.4. The highest BCUT2D eigenvalue weighted by Crippen LogP contribution is 2.44. The summed E-state index contributed by atoms with van der Waals surface area (Å²) in [5.74, 6) is -0.347. The third-order valence-electron chi connectivity index (χ3n) is 4.21. The molecule has 0 aliphatic carbocycles. The molecule has 2 amide bonds. The molecule has 2 rings (SSSR count). The highest BCUT2D eigenvalue weighted by molar-refractivity contribution is 8.01. The van der Waals surface area contributed by atoms with E-state index >= 15 is 0 Å².